The Morgan fingerprint density at radius 2 is 1.53 bits per heavy atom. The molecule has 7 nitrogen and oxygen atoms in total. The van der Waals surface area contributed by atoms with E-state index >= 15 is 0 Å². The topological polar surface area (TPSA) is 94.1 Å². The Morgan fingerprint density at radius 1 is 0.912 bits per heavy atom. The maximum atomic E-state index is 13.1. The molecule has 0 saturated carbocycles. The molecule has 9 heteroatoms. The number of rotatable bonds is 11. The third-order valence-corrected chi connectivity index (χ3v) is 6.94. The van der Waals surface area contributed by atoms with Crippen molar-refractivity contribution in [3.63, 3.8) is 0 Å². The van der Waals surface area contributed by atoms with Gasteiger partial charge in [-0.2, -0.15) is 0 Å². The van der Waals surface area contributed by atoms with Gasteiger partial charge in [-0.25, -0.2) is 12.8 Å². The van der Waals surface area contributed by atoms with E-state index in [-0.39, 0.29) is 15.6 Å². The largest absolute Gasteiger partial charge is 0.493 e. The molecule has 0 aliphatic carbocycles. The highest BCUT2D eigenvalue weighted by molar-refractivity contribution is 7.91. The summed E-state index contributed by atoms with van der Waals surface area (Å²) >= 11 is 0. The van der Waals surface area contributed by atoms with Crippen LogP contribution in [0.25, 0.3) is 0 Å². The van der Waals surface area contributed by atoms with E-state index in [1.807, 2.05) is 0 Å². The Balaban J connectivity index is 1.63. The van der Waals surface area contributed by atoms with Crippen LogP contribution in [0.5, 0.6) is 17.2 Å². The average molecular weight is 490 g/mol. The van der Waals surface area contributed by atoms with Crippen molar-refractivity contribution in [3.05, 3.63) is 78.1 Å². The van der Waals surface area contributed by atoms with Gasteiger partial charge in [0, 0.05) is 12.6 Å². The van der Waals surface area contributed by atoms with E-state index in [1.165, 1.54) is 50.6 Å². The first-order chi connectivity index (χ1) is 16.2. The molecular formula is C25H28FNO6S. The lowest BCUT2D eigenvalue weighted by Crippen LogP contribution is -2.43. The quantitative estimate of drug-likeness (QED) is 0.398. The smallest absolute Gasteiger partial charge is 0.206 e. The zero-order chi connectivity index (χ0) is 24.7. The van der Waals surface area contributed by atoms with Crippen molar-refractivity contribution in [2.75, 3.05) is 20.8 Å². The normalized spacial score (nSPS) is 13.2. The van der Waals surface area contributed by atoms with E-state index < -0.39 is 22.2 Å². The molecule has 0 spiro atoms. The Labute approximate surface area is 199 Å². The number of aliphatic hydroxyl groups is 1. The summed E-state index contributed by atoms with van der Waals surface area (Å²) in [5.41, 5.74) is 0.907. The predicted molar refractivity (Wildman–Crippen MR) is 126 cm³/mol. The Hall–Kier alpha value is -3.14. The minimum absolute atomic E-state index is 0.109. The van der Waals surface area contributed by atoms with Crippen LogP contribution in [-0.2, 0) is 16.3 Å². The summed E-state index contributed by atoms with van der Waals surface area (Å²) in [6.07, 6.45) is -0.915. The Kier molecular flexibility index (Phi) is 8.49. The summed E-state index contributed by atoms with van der Waals surface area (Å²) in [5, 5.41) is 13.1. The van der Waals surface area contributed by atoms with E-state index in [1.54, 1.807) is 37.3 Å². The van der Waals surface area contributed by atoms with Crippen LogP contribution >= 0.6 is 0 Å². The van der Waals surface area contributed by atoms with Crippen LogP contribution in [0.15, 0.2) is 76.5 Å². The molecule has 2 N–H and O–H groups in total. The molecule has 3 aromatic rings. The molecule has 0 aromatic heterocycles. The molecule has 2 atom stereocenters. The van der Waals surface area contributed by atoms with E-state index in [0.29, 0.717) is 30.2 Å². The van der Waals surface area contributed by atoms with Gasteiger partial charge < -0.3 is 19.3 Å². The minimum atomic E-state index is -3.73. The summed E-state index contributed by atoms with van der Waals surface area (Å²) in [7, 11) is -0.795. The van der Waals surface area contributed by atoms with Gasteiger partial charge in [0.1, 0.15) is 17.7 Å². The zero-order valence-electron chi connectivity index (χ0n) is 19.2. The number of ether oxygens (including phenoxy) is 3. The highest BCUT2D eigenvalue weighted by Crippen LogP contribution is 2.32. The molecule has 0 heterocycles. The van der Waals surface area contributed by atoms with Gasteiger partial charge in [-0.3, -0.25) is 5.32 Å². The first kappa shape index (κ1) is 25.5. The molecule has 0 aliphatic heterocycles. The third-order valence-electron chi connectivity index (χ3n) is 5.17. The zero-order valence-corrected chi connectivity index (χ0v) is 20.0. The molecule has 0 amide bonds. The summed E-state index contributed by atoms with van der Waals surface area (Å²) in [4.78, 5) is 0.273. The number of hydrogen-bond acceptors (Lipinski definition) is 7. The fourth-order valence-corrected chi connectivity index (χ4v) is 4.56. The number of halogens is 1. The van der Waals surface area contributed by atoms with Crippen molar-refractivity contribution >= 4 is 9.84 Å². The van der Waals surface area contributed by atoms with Crippen molar-refractivity contribution in [2.24, 2.45) is 0 Å². The summed E-state index contributed by atoms with van der Waals surface area (Å²) in [5.74, 6) is 0.847. The van der Waals surface area contributed by atoms with Crippen molar-refractivity contribution in [2.45, 2.75) is 35.5 Å². The van der Waals surface area contributed by atoms with Crippen molar-refractivity contribution in [1.29, 1.82) is 0 Å². The van der Waals surface area contributed by atoms with Gasteiger partial charge in [0.05, 0.1) is 24.0 Å². The number of sulfone groups is 1. The van der Waals surface area contributed by atoms with Gasteiger partial charge in [-0.15, -0.1) is 0 Å². The van der Waals surface area contributed by atoms with Crippen molar-refractivity contribution in [3.8, 4) is 17.2 Å². The second kappa shape index (κ2) is 11.3. The lowest BCUT2D eigenvalue weighted by molar-refractivity contribution is 0.0274. The van der Waals surface area contributed by atoms with Gasteiger partial charge in [-0.1, -0.05) is 12.1 Å². The molecule has 0 aliphatic rings. The first-order valence-corrected chi connectivity index (χ1v) is 12.1. The Morgan fingerprint density at radius 3 is 2.12 bits per heavy atom. The van der Waals surface area contributed by atoms with E-state index in [0.717, 1.165) is 5.56 Å². The second-order valence-electron chi connectivity index (χ2n) is 7.60. The molecule has 0 fully saturated rings. The minimum Gasteiger partial charge on any atom is -0.493 e. The maximum absolute atomic E-state index is 13.1. The monoisotopic (exact) mass is 489 g/mol. The van der Waals surface area contributed by atoms with E-state index in [2.05, 4.69) is 5.32 Å². The molecule has 3 aromatic carbocycles. The van der Waals surface area contributed by atoms with Crippen LogP contribution in [0.1, 0.15) is 12.5 Å². The number of methoxy groups -OCH3 is 2. The van der Waals surface area contributed by atoms with Crippen LogP contribution in [0.2, 0.25) is 0 Å². The van der Waals surface area contributed by atoms with E-state index in [9.17, 15) is 17.9 Å². The molecule has 182 valence electrons. The van der Waals surface area contributed by atoms with Crippen LogP contribution in [0.3, 0.4) is 0 Å². The van der Waals surface area contributed by atoms with Gasteiger partial charge in [0.25, 0.3) is 0 Å². The lowest BCUT2D eigenvalue weighted by Gasteiger charge is -2.23. The molecule has 0 radical (unpaired) electrons. The van der Waals surface area contributed by atoms with Crippen LogP contribution in [0, 0.1) is 5.82 Å². The predicted octanol–water partition coefficient (Wildman–Crippen LogP) is 3.59. The highest BCUT2D eigenvalue weighted by Gasteiger charge is 2.20. The fourth-order valence-electron chi connectivity index (χ4n) is 3.28. The number of nitrogens with one attached hydrogen (secondary N) is 1. The summed E-state index contributed by atoms with van der Waals surface area (Å²) in [6, 6.07) is 16.6. The van der Waals surface area contributed by atoms with Gasteiger partial charge >= 0.3 is 0 Å². The highest BCUT2D eigenvalue weighted by atomic mass is 32.2. The number of benzene rings is 3. The second-order valence-corrected chi connectivity index (χ2v) is 9.55. The molecule has 0 bridgehead atoms. The Bertz CT molecular complexity index is 1180. The first-order valence-electron chi connectivity index (χ1n) is 10.6. The third kappa shape index (κ3) is 6.25. The summed E-state index contributed by atoms with van der Waals surface area (Å²) in [6.45, 7) is 2.06. The van der Waals surface area contributed by atoms with Crippen LogP contribution in [0.4, 0.5) is 4.39 Å². The van der Waals surface area contributed by atoms with E-state index in [4.69, 9.17) is 14.2 Å². The standard InChI is InChI=1S/C25H28FNO6S/c1-17(28)25(33-20-8-6-19(26)7-9-20)27-15-14-18-4-10-21(11-5-18)34(29,30)22-12-13-23(31-2)24(16-22)32-3/h4-13,16-17,25,27-28H,14-15H2,1-3H3. The lowest BCUT2D eigenvalue weighted by atomic mass is 10.1. The van der Waals surface area contributed by atoms with Crippen LogP contribution < -0.4 is 19.5 Å². The van der Waals surface area contributed by atoms with Crippen molar-refractivity contribution < 1.29 is 32.1 Å². The van der Waals surface area contributed by atoms with Crippen molar-refractivity contribution in [1.82, 2.24) is 5.32 Å². The molecule has 0 saturated heterocycles. The molecular weight excluding hydrogens is 461 g/mol. The van der Waals surface area contributed by atoms with Gasteiger partial charge in [0.2, 0.25) is 9.84 Å². The molecule has 3 rings (SSSR count). The molecule has 34 heavy (non-hydrogen) atoms. The fraction of sp³-hybridized carbons (Fsp3) is 0.280. The SMILES string of the molecule is COc1ccc(S(=O)(=O)c2ccc(CCNC(Oc3ccc(F)cc3)C(C)O)cc2)cc1OC. The molecule has 2 unspecified atom stereocenters. The maximum Gasteiger partial charge on any atom is 0.206 e. The number of aliphatic hydroxyl groups excluding tert-OH is 1. The average Bonchev–Trinajstić information content (AvgIpc) is 2.84. The van der Waals surface area contributed by atoms with Crippen LogP contribution in [-0.4, -0.2) is 46.6 Å². The number of hydrogen-bond donors (Lipinski definition) is 2. The van der Waals surface area contributed by atoms with Gasteiger partial charge in [0.15, 0.2) is 17.7 Å². The van der Waals surface area contributed by atoms with Gasteiger partial charge in [-0.05, 0) is 67.4 Å². The summed E-state index contributed by atoms with van der Waals surface area (Å²) < 4.78 is 55.2.